The molecule has 1 saturated heterocycles. The fraction of sp³-hybridized carbons (Fsp3) is 0.500. The number of benzene rings is 1. The molecule has 5 nitrogen and oxygen atoms in total. The van der Waals surface area contributed by atoms with Crippen molar-refractivity contribution in [3.05, 3.63) is 27.7 Å². The normalized spacial score (nSPS) is 20.4. The van der Waals surface area contributed by atoms with E-state index in [0.29, 0.717) is 10.2 Å². The van der Waals surface area contributed by atoms with Crippen molar-refractivity contribution in [3.63, 3.8) is 0 Å². The lowest BCUT2D eigenvalue weighted by atomic mass is 10.2. The summed E-state index contributed by atoms with van der Waals surface area (Å²) in [5.74, 6) is 0.421. The van der Waals surface area contributed by atoms with Crippen LogP contribution < -0.4 is 5.32 Å². The first-order valence-electron chi connectivity index (χ1n) is 7.12. The molecule has 1 heterocycles. The lowest BCUT2D eigenvalue weighted by molar-refractivity contribution is -0.124. The zero-order chi connectivity index (χ0) is 17.2. The van der Waals surface area contributed by atoms with E-state index in [2.05, 4.69) is 21.2 Å². The molecule has 0 aliphatic carbocycles. The van der Waals surface area contributed by atoms with Gasteiger partial charge in [0.1, 0.15) is 10.9 Å². The van der Waals surface area contributed by atoms with E-state index < -0.39 is 16.1 Å². The minimum Gasteiger partial charge on any atom is -0.352 e. The average Bonchev–Trinajstić information content (AvgIpc) is 2.96. The standard InChI is InChI=1S/C14H18BrClN2O3S2/c1-3-9(2)17-14(19)12-7-22-8-18(12)23(20,21)13-5-4-10(15)6-11(13)16/h4-6,9,12H,3,7-8H2,1-2H3,(H,17,19). The minimum atomic E-state index is -3.82. The average molecular weight is 442 g/mol. The van der Waals surface area contributed by atoms with Crippen molar-refractivity contribution in [1.82, 2.24) is 9.62 Å². The first kappa shape index (κ1) is 19.1. The second-order valence-corrected chi connectivity index (χ2v) is 9.48. The summed E-state index contributed by atoms with van der Waals surface area (Å²) in [6.45, 7) is 3.86. The van der Waals surface area contributed by atoms with Crippen LogP contribution in [-0.4, -0.2) is 42.3 Å². The molecule has 23 heavy (non-hydrogen) atoms. The third-order valence-electron chi connectivity index (χ3n) is 3.63. The Bertz CT molecular complexity index is 699. The minimum absolute atomic E-state index is 0.00826. The molecule has 2 atom stereocenters. The molecule has 1 aliphatic rings. The molecule has 9 heteroatoms. The third kappa shape index (κ3) is 4.22. The lowest BCUT2D eigenvalue weighted by Crippen LogP contribution is -2.49. The first-order chi connectivity index (χ1) is 10.8. The third-order valence-corrected chi connectivity index (χ3v) is 7.63. The van der Waals surface area contributed by atoms with Gasteiger partial charge in [-0.1, -0.05) is 34.5 Å². The van der Waals surface area contributed by atoms with Gasteiger partial charge in [-0.25, -0.2) is 8.42 Å². The monoisotopic (exact) mass is 440 g/mol. The maximum atomic E-state index is 12.9. The fourth-order valence-electron chi connectivity index (χ4n) is 2.12. The Hall–Kier alpha value is -0.280. The second-order valence-electron chi connectivity index (χ2n) is 5.30. The molecule has 128 valence electrons. The summed E-state index contributed by atoms with van der Waals surface area (Å²) in [5, 5.41) is 2.99. The summed E-state index contributed by atoms with van der Waals surface area (Å²) in [4.78, 5) is 12.4. The van der Waals surface area contributed by atoms with E-state index in [1.54, 1.807) is 6.07 Å². The van der Waals surface area contributed by atoms with E-state index in [1.165, 1.54) is 28.2 Å². The highest BCUT2D eigenvalue weighted by Crippen LogP contribution is 2.33. The zero-order valence-electron chi connectivity index (χ0n) is 12.8. The molecule has 1 aliphatic heterocycles. The Kier molecular flexibility index (Phi) is 6.41. The first-order valence-corrected chi connectivity index (χ1v) is 10.9. The number of hydrogen-bond donors (Lipinski definition) is 1. The van der Waals surface area contributed by atoms with Crippen molar-refractivity contribution in [2.75, 3.05) is 11.6 Å². The van der Waals surface area contributed by atoms with Gasteiger partial charge in [-0.2, -0.15) is 4.31 Å². The van der Waals surface area contributed by atoms with Gasteiger partial charge < -0.3 is 5.32 Å². The molecule has 0 aromatic heterocycles. The molecule has 1 aromatic carbocycles. The number of carbonyl (C=O) groups is 1. The highest BCUT2D eigenvalue weighted by Gasteiger charge is 2.40. The molecule has 0 saturated carbocycles. The van der Waals surface area contributed by atoms with Crippen LogP contribution in [0.1, 0.15) is 20.3 Å². The highest BCUT2D eigenvalue weighted by atomic mass is 79.9. The number of nitrogens with zero attached hydrogens (tertiary/aromatic N) is 1. The predicted molar refractivity (Wildman–Crippen MR) is 97.2 cm³/mol. The van der Waals surface area contributed by atoms with Gasteiger partial charge in [-0.15, -0.1) is 11.8 Å². The zero-order valence-corrected chi connectivity index (χ0v) is 16.7. The van der Waals surface area contributed by atoms with E-state index in [4.69, 9.17) is 11.6 Å². The van der Waals surface area contributed by atoms with Gasteiger partial charge >= 0.3 is 0 Å². The summed E-state index contributed by atoms with van der Waals surface area (Å²) >= 11 is 10.8. The second kappa shape index (κ2) is 7.74. The number of halogens is 2. The Morgan fingerprint density at radius 3 is 2.87 bits per heavy atom. The quantitative estimate of drug-likeness (QED) is 0.762. The van der Waals surface area contributed by atoms with E-state index in [-0.39, 0.29) is 27.7 Å². The largest absolute Gasteiger partial charge is 0.352 e. The molecule has 2 rings (SSSR count). The number of carbonyl (C=O) groups excluding carboxylic acids is 1. The van der Waals surface area contributed by atoms with Crippen molar-refractivity contribution in [1.29, 1.82) is 0 Å². The van der Waals surface area contributed by atoms with Gasteiger partial charge in [0.15, 0.2) is 0 Å². The lowest BCUT2D eigenvalue weighted by Gasteiger charge is -2.24. The van der Waals surface area contributed by atoms with E-state index >= 15 is 0 Å². The Morgan fingerprint density at radius 1 is 1.57 bits per heavy atom. The molecule has 1 fully saturated rings. The topological polar surface area (TPSA) is 66.5 Å². The van der Waals surface area contributed by atoms with Crippen molar-refractivity contribution < 1.29 is 13.2 Å². The Morgan fingerprint density at radius 2 is 2.26 bits per heavy atom. The summed E-state index contributed by atoms with van der Waals surface area (Å²) in [5.41, 5.74) is 0. The number of nitrogens with one attached hydrogen (secondary N) is 1. The summed E-state index contributed by atoms with van der Waals surface area (Å²) in [6.07, 6.45) is 0.789. The fourth-order valence-corrected chi connectivity index (χ4v) is 6.28. The van der Waals surface area contributed by atoms with Crippen LogP contribution in [0, 0.1) is 0 Å². The SMILES string of the molecule is CCC(C)NC(=O)C1CSCN1S(=O)(=O)c1ccc(Br)cc1Cl. The van der Waals surface area contributed by atoms with Crippen LogP contribution in [0.4, 0.5) is 0 Å². The maximum Gasteiger partial charge on any atom is 0.246 e. The number of rotatable bonds is 5. The van der Waals surface area contributed by atoms with Gasteiger partial charge in [-0.05, 0) is 31.5 Å². The Balaban J connectivity index is 2.29. The summed E-state index contributed by atoms with van der Waals surface area (Å²) < 4.78 is 27.7. The maximum absolute atomic E-state index is 12.9. The van der Waals surface area contributed by atoms with Crippen LogP contribution in [0.3, 0.4) is 0 Å². The molecule has 1 N–H and O–H groups in total. The molecular weight excluding hydrogens is 424 g/mol. The Labute approximate surface area is 154 Å². The van der Waals surface area contributed by atoms with Crippen LogP contribution >= 0.6 is 39.3 Å². The van der Waals surface area contributed by atoms with Crippen LogP contribution in [0.2, 0.25) is 5.02 Å². The number of sulfonamides is 1. The van der Waals surface area contributed by atoms with Crippen molar-refractivity contribution in [2.24, 2.45) is 0 Å². The molecule has 0 spiro atoms. The molecular formula is C14H18BrClN2O3S2. The highest BCUT2D eigenvalue weighted by molar-refractivity contribution is 9.10. The van der Waals surface area contributed by atoms with Crippen LogP contribution in [-0.2, 0) is 14.8 Å². The molecule has 1 aromatic rings. The van der Waals surface area contributed by atoms with Crippen LogP contribution in [0.15, 0.2) is 27.6 Å². The van der Waals surface area contributed by atoms with Crippen LogP contribution in [0.25, 0.3) is 0 Å². The molecule has 1 amide bonds. The van der Waals surface area contributed by atoms with Gasteiger partial charge in [0, 0.05) is 16.3 Å². The van der Waals surface area contributed by atoms with Crippen molar-refractivity contribution >= 4 is 55.2 Å². The van der Waals surface area contributed by atoms with Crippen molar-refractivity contribution in [2.45, 2.75) is 37.2 Å². The van der Waals surface area contributed by atoms with E-state index in [0.717, 1.165) is 6.42 Å². The van der Waals surface area contributed by atoms with Crippen LogP contribution in [0.5, 0.6) is 0 Å². The number of amides is 1. The molecule has 2 unspecified atom stereocenters. The van der Waals surface area contributed by atoms with Gasteiger partial charge in [0.2, 0.25) is 15.9 Å². The predicted octanol–water partition coefficient (Wildman–Crippen LogP) is 3.08. The van der Waals surface area contributed by atoms with Gasteiger partial charge in [0.05, 0.1) is 10.9 Å². The van der Waals surface area contributed by atoms with E-state index in [9.17, 15) is 13.2 Å². The van der Waals surface area contributed by atoms with Gasteiger partial charge in [-0.3, -0.25) is 4.79 Å². The van der Waals surface area contributed by atoms with Gasteiger partial charge in [0.25, 0.3) is 0 Å². The molecule has 0 bridgehead atoms. The smallest absolute Gasteiger partial charge is 0.246 e. The summed E-state index contributed by atoms with van der Waals surface area (Å²) in [7, 11) is -3.82. The van der Waals surface area contributed by atoms with Crippen molar-refractivity contribution in [3.8, 4) is 0 Å². The van der Waals surface area contributed by atoms with E-state index in [1.807, 2.05) is 13.8 Å². The summed E-state index contributed by atoms with van der Waals surface area (Å²) in [6, 6.07) is 3.91. The number of hydrogen-bond acceptors (Lipinski definition) is 4. The molecule has 0 radical (unpaired) electrons. The number of thioether (sulfide) groups is 1.